The first kappa shape index (κ1) is 7.40. The number of halogens is 3. The zero-order valence-electron chi connectivity index (χ0n) is 5.90. The summed E-state index contributed by atoms with van der Waals surface area (Å²) >= 11 is 0. The minimum Gasteiger partial charge on any atom is -0.370 e. The molecule has 1 unspecified atom stereocenters. The summed E-state index contributed by atoms with van der Waals surface area (Å²) in [5.74, 6) is -1.11. The summed E-state index contributed by atoms with van der Waals surface area (Å²) in [6, 6.07) is 0. The predicted molar refractivity (Wildman–Crippen MR) is 32.1 cm³/mol. The highest BCUT2D eigenvalue weighted by Gasteiger charge is 2.51. The molecule has 0 aromatic rings. The normalized spacial score (nSPS) is 43.4. The van der Waals surface area contributed by atoms with E-state index < -0.39 is 12.1 Å². The van der Waals surface area contributed by atoms with E-state index >= 15 is 0 Å². The molecule has 1 saturated carbocycles. The number of fused-ring (bicyclic) bond motifs is 1. The lowest BCUT2D eigenvalue weighted by molar-refractivity contribution is -0.180. The maximum atomic E-state index is 12.1. The van der Waals surface area contributed by atoms with Crippen molar-refractivity contribution in [2.75, 3.05) is 0 Å². The quantitative estimate of drug-likeness (QED) is 0.502. The van der Waals surface area contributed by atoms with Gasteiger partial charge >= 0.3 is 6.18 Å². The summed E-state index contributed by atoms with van der Waals surface area (Å²) in [4.78, 5) is 0. The molecule has 0 radical (unpaired) electrons. The molecule has 0 aromatic heterocycles. The third-order valence-corrected chi connectivity index (χ3v) is 2.47. The van der Waals surface area contributed by atoms with Crippen LogP contribution < -0.4 is 0 Å². The van der Waals surface area contributed by atoms with E-state index in [1.54, 1.807) is 0 Å². The van der Waals surface area contributed by atoms with Gasteiger partial charge in [-0.2, -0.15) is 13.2 Å². The highest BCUT2D eigenvalue weighted by molar-refractivity contribution is 4.93. The summed E-state index contributed by atoms with van der Waals surface area (Å²) in [6.07, 6.45) is -2.88. The van der Waals surface area contributed by atoms with Gasteiger partial charge in [0.15, 0.2) is 0 Å². The molecule has 0 aromatic carbocycles. The van der Waals surface area contributed by atoms with Crippen molar-refractivity contribution in [1.29, 1.82) is 0 Å². The van der Waals surface area contributed by atoms with Gasteiger partial charge in [-0.3, -0.25) is 0 Å². The monoisotopic (exact) mass is 166 g/mol. The summed E-state index contributed by atoms with van der Waals surface area (Å²) in [5, 5.41) is 0. The highest BCUT2D eigenvalue weighted by Crippen LogP contribution is 2.45. The van der Waals surface area contributed by atoms with E-state index in [1.165, 1.54) is 0 Å². The van der Waals surface area contributed by atoms with Crippen LogP contribution in [0.4, 0.5) is 13.2 Å². The molecule has 1 aliphatic carbocycles. The summed E-state index contributed by atoms with van der Waals surface area (Å²) in [7, 11) is 0. The number of alkyl halides is 3. The molecule has 0 N–H and O–H groups in total. The van der Waals surface area contributed by atoms with Crippen LogP contribution in [0.5, 0.6) is 0 Å². The first-order chi connectivity index (χ1) is 5.07. The van der Waals surface area contributed by atoms with Crippen LogP contribution in [-0.4, -0.2) is 18.4 Å². The fraction of sp³-hybridized carbons (Fsp3) is 1.00. The molecular weight excluding hydrogens is 157 g/mol. The molecule has 3 atom stereocenters. The molecule has 64 valence electrons. The van der Waals surface area contributed by atoms with Crippen molar-refractivity contribution < 1.29 is 17.9 Å². The van der Waals surface area contributed by atoms with Gasteiger partial charge in [0.25, 0.3) is 0 Å². The van der Waals surface area contributed by atoms with Crippen LogP contribution in [0.2, 0.25) is 0 Å². The molecule has 0 bridgehead atoms. The van der Waals surface area contributed by atoms with Gasteiger partial charge in [0.1, 0.15) is 0 Å². The van der Waals surface area contributed by atoms with Gasteiger partial charge in [-0.05, 0) is 19.3 Å². The van der Waals surface area contributed by atoms with Crippen LogP contribution in [-0.2, 0) is 4.74 Å². The Balaban J connectivity index is 1.95. The van der Waals surface area contributed by atoms with E-state index in [-0.39, 0.29) is 25.0 Å². The Hall–Kier alpha value is -0.250. The van der Waals surface area contributed by atoms with Crippen molar-refractivity contribution in [2.24, 2.45) is 5.92 Å². The van der Waals surface area contributed by atoms with E-state index in [0.717, 1.165) is 0 Å². The van der Waals surface area contributed by atoms with Gasteiger partial charge in [-0.25, -0.2) is 0 Å². The van der Waals surface area contributed by atoms with E-state index in [2.05, 4.69) is 0 Å². The maximum absolute atomic E-state index is 12.1. The topological polar surface area (TPSA) is 12.5 Å². The predicted octanol–water partition coefficient (Wildman–Crippen LogP) is 2.12. The van der Waals surface area contributed by atoms with E-state index in [1.807, 2.05) is 0 Å². The zero-order chi connectivity index (χ0) is 8.06. The summed E-state index contributed by atoms with van der Waals surface area (Å²) in [5.41, 5.74) is 0. The van der Waals surface area contributed by atoms with Crippen LogP contribution in [0.25, 0.3) is 0 Å². The molecule has 4 heteroatoms. The van der Waals surface area contributed by atoms with Crippen LogP contribution in [0.3, 0.4) is 0 Å². The Kier molecular flexibility index (Phi) is 1.43. The molecule has 2 aliphatic rings. The largest absolute Gasteiger partial charge is 0.391 e. The molecule has 1 aliphatic heterocycles. The average Bonchev–Trinajstić information content (AvgIpc) is 2.60. The second-order valence-electron chi connectivity index (χ2n) is 3.26. The van der Waals surface area contributed by atoms with Crippen molar-refractivity contribution >= 4 is 0 Å². The van der Waals surface area contributed by atoms with Crippen molar-refractivity contribution in [1.82, 2.24) is 0 Å². The second kappa shape index (κ2) is 2.12. The van der Waals surface area contributed by atoms with E-state index in [0.29, 0.717) is 6.42 Å². The molecule has 2 rings (SSSR count). The highest BCUT2D eigenvalue weighted by atomic mass is 19.4. The zero-order valence-corrected chi connectivity index (χ0v) is 5.90. The molecular formula is C7H9F3O. The minimum absolute atomic E-state index is 0.0737. The van der Waals surface area contributed by atoms with Gasteiger partial charge in [-0.1, -0.05) is 0 Å². The molecule has 1 nitrogen and oxygen atoms in total. The molecule has 2 fully saturated rings. The fourth-order valence-electron chi connectivity index (χ4n) is 1.70. The third kappa shape index (κ3) is 1.36. The lowest BCUT2D eigenvalue weighted by Gasteiger charge is -2.21. The van der Waals surface area contributed by atoms with Crippen molar-refractivity contribution in [2.45, 2.75) is 37.6 Å². The van der Waals surface area contributed by atoms with Crippen molar-refractivity contribution in [3.63, 3.8) is 0 Å². The Morgan fingerprint density at radius 2 is 1.82 bits per heavy atom. The van der Waals surface area contributed by atoms with Crippen molar-refractivity contribution in [3.05, 3.63) is 0 Å². The number of rotatable bonds is 0. The Morgan fingerprint density at radius 1 is 1.09 bits per heavy atom. The minimum atomic E-state index is -4.00. The molecule has 1 heterocycles. The second-order valence-corrected chi connectivity index (χ2v) is 3.26. The smallest absolute Gasteiger partial charge is 0.370 e. The molecule has 0 spiro atoms. The number of hydrogen-bond donors (Lipinski definition) is 0. The Labute approximate surface area is 62.5 Å². The van der Waals surface area contributed by atoms with Crippen molar-refractivity contribution in [3.8, 4) is 0 Å². The summed E-state index contributed by atoms with van der Waals surface area (Å²) < 4.78 is 41.2. The van der Waals surface area contributed by atoms with Gasteiger partial charge in [0, 0.05) is 0 Å². The third-order valence-electron chi connectivity index (χ3n) is 2.47. The standard InChI is InChI=1S/C7H9F3O/c8-7(9,10)4-1-2-5-6(3-4)11-5/h4-6H,1-3H2/t4?,5-,6+/m1/s1. The van der Waals surface area contributed by atoms with Gasteiger partial charge < -0.3 is 4.74 Å². The van der Waals surface area contributed by atoms with Crippen LogP contribution >= 0.6 is 0 Å². The molecule has 1 saturated heterocycles. The van der Waals surface area contributed by atoms with Gasteiger partial charge in [0.2, 0.25) is 0 Å². The van der Waals surface area contributed by atoms with Crippen LogP contribution in [0.1, 0.15) is 19.3 Å². The molecule has 0 amide bonds. The van der Waals surface area contributed by atoms with Crippen LogP contribution in [0, 0.1) is 5.92 Å². The summed E-state index contributed by atoms with van der Waals surface area (Å²) in [6.45, 7) is 0. The Morgan fingerprint density at radius 3 is 2.36 bits per heavy atom. The van der Waals surface area contributed by atoms with E-state index in [4.69, 9.17) is 4.74 Å². The number of epoxide rings is 1. The number of hydrogen-bond acceptors (Lipinski definition) is 1. The molecule has 11 heavy (non-hydrogen) atoms. The van der Waals surface area contributed by atoms with Gasteiger partial charge in [-0.15, -0.1) is 0 Å². The first-order valence-electron chi connectivity index (χ1n) is 3.79. The SMILES string of the molecule is FC(F)(F)C1CC[C@H]2O[C@H]2C1. The lowest BCUT2D eigenvalue weighted by atomic mass is 9.89. The average molecular weight is 166 g/mol. The lowest BCUT2D eigenvalue weighted by Crippen LogP contribution is -2.27. The van der Waals surface area contributed by atoms with Gasteiger partial charge in [0.05, 0.1) is 18.1 Å². The fourth-order valence-corrected chi connectivity index (χ4v) is 1.70. The Bertz CT molecular complexity index is 166. The van der Waals surface area contributed by atoms with E-state index in [9.17, 15) is 13.2 Å². The first-order valence-corrected chi connectivity index (χ1v) is 3.79. The number of ether oxygens (including phenoxy) is 1. The maximum Gasteiger partial charge on any atom is 0.391 e. The van der Waals surface area contributed by atoms with Crippen LogP contribution in [0.15, 0.2) is 0 Å².